The number of aromatic nitrogens is 4. The Bertz CT molecular complexity index is 2390. The molecule has 0 radical (unpaired) electrons. The molecule has 0 saturated heterocycles. The van der Waals surface area contributed by atoms with Crippen LogP contribution in [0.1, 0.15) is 0 Å². The summed E-state index contributed by atoms with van der Waals surface area (Å²) in [6, 6.07) is 37.0. The Kier molecular flexibility index (Phi) is 3.76. The summed E-state index contributed by atoms with van der Waals surface area (Å²) in [6.45, 7) is 0. The highest BCUT2D eigenvalue weighted by molar-refractivity contribution is 6.29. The number of nitrogens with one attached hydrogen (secondary N) is 1. The van der Waals surface area contributed by atoms with E-state index in [0.717, 1.165) is 38.5 Å². The Balaban J connectivity index is 1.54. The van der Waals surface area contributed by atoms with E-state index in [2.05, 4.69) is 113 Å². The maximum absolute atomic E-state index is 4.86. The quantitative estimate of drug-likeness (QED) is 0.237. The van der Waals surface area contributed by atoms with Gasteiger partial charge in [-0.05, 0) is 59.3 Å². The standard InChI is InChI=1S/C34H20N4/c1-2-8-20(9-3-1)38-31-13-7-5-11-22(31)26-17-24-23-16-25-21-10-4-6-12-29(21)37-30(25)18-27(23)33-34(36-15-14-35-33)28(24)19-32(26)38/h1-19,37H. The van der Waals surface area contributed by atoms with Gasteiger partial charge in [0.15, 0.2) is 0 Å². The highest BCUT2D eigenvalue weighted by Crippen LogP contribution is 2.41. The van der Waals surface area contributed by atoms with Gasteiger partial charge in [-0.25, -0.2) is 0 Å². The van der Waals surface area contributed by atoms with E-state index < -0.39 is 0 Å². The van der Waals surface area contributed by atoms with Gasteiger partial charge in [-0.1, -0.05) is 54.6 Å². The highest BCUT2D eigenvalue weighted by Gasteiger charge is 2.18. The molecule has 4 heteroatoms. The lowest BCUT2D eigenvalue weighted by molar-refractivity contribution is 1.18. The maximum atomic E-state index is 4.86. The molecule has 1 N–H and O–H groups in total. The van der Waals surface area contributed by atoms with Crippen molar-refractivity contribution in [2.75, 3.05) is 0 Å². The summed E-state index contributed by atoms with van der Waals surface area (Å²) in [5, 5.41) is 9.57. The molecule has 9 rings (SSSR count). The van der Waals surface area contributed by atoms with E-state index in [0.29, 0.717) is 0 Å². The molecule has 176 valence electrons. The molecule has 9 aromatic rings. The molecular weight excluding hydrogens is 464 g/mol. The molecular formula is C34H20N4. The second-order valence-electron chi connectivity index (χ2n) is 9.97. The molecule has 4 nitrogen and oxygen atoms in total. The molecule has 0 fully saturated rings. The Morgan fingerprint density at radius 3 is 1.92 bits per heavy atom. The fourth-order valence-corrected chi connectivity index (χ4v) is 6.34. The van der Waals surface area contributed by atoms with Crippen molar-refractivity contribution in [1.29, 1.82) is 0 Å². The van der Waals surface area contributed by atoms with Crippen molar-refractivity contribution in [3.8, 4) is 5.69 Å². The smallest absolute Gasteiger partial charge is 0.0972 e. The second-order valence-corrected chi connectivity index (χ2v) is 9.97. The Hall–Kier alpha value is -5.22. The van der Waals surface area contributed by atoms with Crippen LogP contribution in [0.25, 0.3) is 81.9 Å². The first kappa shape index (κ1) is 19.9. The SMILES string of the molecule is c1ccc(-n2c3ccccc3c3cc4c5cc6c(cc5c5nccnc5c4cc32)[nH]c2ccccc26)cc1. The van der Waals surface area contributed by atoms with Crippen LogP contribution < -0.4 is 0 Å². The number of hydrogen-bond donors (Lipinski definition) is 1. The molecule has 3 heterocycles. The number of para-hydroxylation sites is 3. The fourth-order valence-electron chi connectivity index (χ4n) is 6.34. The van der Waals surface area contributed by atoms with Crippen LogP contribution in [0.2, 0.25) is 0 Å². The summed E-state index contributed by atoms with van der Waals surface area (Å²) in [7, 11) is 0. The van der Waals surface area contributed by atoms with Gasteiger partial charge in [-0.15, -0.1) is 0 Å². The van der Waals surface area contributed by atoms with Gasteiger partial charge in [0, 0.05) is 61.4 Å². The molecule has 3 aromatic heterocycles. The zero-order chi connectivity index (χ0) is 24.8. The number of hydrogen-bond acceptors (Lipinski definition) is 2. The molecule has 38 heavy (non-hydrogen) atoms. The molecule has 0 aliphatic carbocycles. The number of rotatable bonds is 1. The maximum Gasteiger partial charge on any atom is 0.0972 e. The largest absolute Gasteiger partial charge is 0.354 e. The summed E-state index contributed by atoms with van der Waals surface area (Å²) in [5.41, 5.74) is 7.63. The van der Waals surface area contributed by atoms with Crippen molar-refractivity contribution in [1.82, 2.24) is 19.5 Å². The van der Waals surface area contributed by atoms with Crippen LogP contribution in [-0.2, 0) is 0 Å². The summed E-state index contributed by atoms with van der Waals surface area (Å²) < 4.78 is 2.36. The van der Waals surface area contributed by atoms with Crippen molar-refractivity contribution in [2.45, 2.75) is 0 Å². The second kappa shape index (κ2) is 7.17. The molecule has 0 unspecified atom stereocenters. The average Bonchev–Trinajstić information content (AvgIpc) is 3.51. The van der Waals surface area contributed by atoms with E-state index in [4.69, 9.17) is 9.97 Å². The Morgan fingerprint density at radius 1 is 0.447 bits per heavy atom. The van der Waals surface area contributed by atoms with Gasteiger partial charge < -0.3 is 9.55 Å². The number of fused-ring (bicyclic) bond motifs is 12. The summed E-state index contributed by atoms with van der Waals surface area (Å²) in [6.07, 6.45) is 3.59. The zero-order valence-corrected chi connectivity index (χ0v) is 20.3. The van der Waals surface area contributed by atoms with Gasteiger partial charge >= 0.3 is 0 Å². The van der Waals surface area contributed by atoms with E-state index in [1.54, 1.807) is 12.4 Å². The monoisotopic (exact) mass is 484 g/mol. The van der Waals surface area contributed by atoms with E-state index >= 15 is 0 Å². The van der Waals surface area contributed by atoms with Crippen molar-refractivity contribution < 1.29 is 0 Å². The summed E-state index contributed by atoms with van der Waals surface area (Å²) in [4.78, 5) is 13.3. The normalized spacial score (nSPS) is 12.2. The van der Waals surface area contributed by atoms with Crippen molar-refractivity contribution >= 4 is 76.2 Å². The molecule has 6 aromatic carbocycles. The highest BCUT2D eigenvalue weighted by atomic mass is 15.0. The first-order valence-electron chi connectivity index (χ1n) is 12.8. The van der Waals surface area contributed by atoms with Crippen molar-refractivity contribution in [3.05, 3.63) is 116 Å². The van der Waals surface area contributed by atoms with Gasteiger partial charge in [-0.3, -0.25) is 9.97 Å². The average molecular weight is 485 g/mol. The van der Waals surface area contributed by atoms with E-state index in [1.165, 1.54) is 43.4 Å². The predicted octanol–water partition coefficient (Wildman–Crippen LogP) is 8.67. The van der Waals surface area contributed by atoms with E-state index in [9.17, 15) is 0 Å². The molecule has 0 aliphatic rings. The van der Waals surface area contributed by atoms with Crippen LogP contribution in [0.5, 0.6) is 0 Å². The van der Waals surface area contributed by atoms with Gasteiger partial charge in [0.25, 0.3) is 0 Å². The molecule has 0 bridgehead atoms. The third-order valence-corrected chi connectivity index (χ3v) is 7.97. The van der Waals surface area contributed by atoms with Crippen LogP contribution in [0.15, 0.2) is 116 Å². The fraction of sp³-hybridized carbons (Fsp3) is 0. The van der Waals surface area contributed by atoms with Crippen LogP contribution in [-0.4, -0.2) is 19.5 Å². The number of benzene rings is 6. The van der Waals surface area contributed by atoms with Crippen LogP contribution in [0, 0.1) is 0 Å². The minimum absolute atomic E-state index is 0.928. The van der Waals surface area contributed by atoms with Gasteiger partial charge in [-0.2, -0.15) is 0 Å². The topological polar surface area (TPSA) is 46.5 Å². The third kappa shape index (κ3) is 2.53. The van der Waals surface area contributed by atoms with Crippen LogP contribution in [0.4, 0.5) is 0 Å². The lowest BCUT2D eigenvalue weighted by Gasteiger charge is -2.12. The molecule has 0 saturated carbocycles. The van der Waals surface area contributed by atoms with Gasteiger partial charge in [0.05, 0.1) is 22.1 Å². The predicted molar refractivity (Wildman–Crippen MR) is 158 cm³/mol. The Morgan fingerprint density at radius 2 is 1.11 bits per heavy atom. The molecule has 0 aliphatic heterocycles. The van der Waals surface area contributed by atoms with Crippen molar-refractivity contribution in [2.24, 2.45) is 0 Å². The number of nitrogens with zero attached hydrogens (tertiary/aromatic N) is 3. The molecule has 0 amide bonds. The summed E-state index contributed by atoms with van der Waals surface area (Å²) >= 11 is 0. The van der Waals surface area contributed by atoms with Crippen LogP contribution in [0.3, 0.4) is 0 Å². The lowest BCUT2D eigenvalue weighted by atomic mass is 9.96. The minimum Gasteiger partial charge on any atom is -0.354 e. The first-order chi connectivity index (χ1) is 18.8. The third-order valence-electron chi connectivity index (χ3n) is 7.97. The minimum atomic E-state index is 0.928. The molecule has 0 atom stereocenters. The number of aromatic amines is 1. The summed E-state index contributed by atoms with van der Waals surface area (Å²) in [5.74, 6) is 0. The van der Waals surface area contributed by atoms with Crippen LogP contribution >= 0.6 is 0 Å². The van der Waals surface area contributed by atoms with Gasteiger partial charge in [0.1, 0.15) is 0 Å². The first-order valence-corrected chi connectivity index (χ1v) is 12.8. The van der Waals surface area contributed by atoms with Crippen molar-refractivity contribution in [3.63, 3.8) is 0 Å². The zero-order valence-electron chi connectivity index (χ0n) is 20.3. The van der Waals surface area contributed by atoms with E-state index in [1.807, 2.05) is 0 Å². The van der Waals surface area contributed by atoms with E-state index in [-0.39, 0.29) is 0 Å². The lowest BCUT2D eigenvalue weighted by Crippen LogP contribution is -1.94. The van der Waals surface area contributed by atoms with Gasteiger partial charge in [0.2, 0.25) is 0 Å². The Labute approximate surface area is 216 Å². The molecule has 0 spiro atoms. The number of H-pyrrole nitrogens is 1.